The van der Waals surface area contributed by atoms with E-state index in [1.165, 1.54) is 6.42 Å². The second kappa shape index (κ2) is 3.46. The standard InChI is InChI=1S/C11H20N2O2/c1-10(15)7-13(8-10)9(14)5-11(6-12)3-2-4-11/h15H,2-8,12H2,1H3. The number of amides is 1. The predicted octanol–water partition coefficient (Wildman–Crippen LogP) is 0.0987. The molecule has 1 aliphatic heterocycles. The molecule has 1 saturated carbocycles. The summed E-state index contributed by atoms with van der Waals surface area (Å²) in [6.07, 6.45) is 3.93. The minimum absolute atomic E-state index is 0.0819. The lowest BCUT2D eigenvalue weighted by molar-refractivity contribution is -0.156. The van der Waals surface area contributed by atoms with Crippen LogP contribution in [0.4, 0.5) is 0 Å². The smallest absolute Gasteiger partial charge is 0.223 e. The number of carbonyl (C=O) groups is 1. The molecule has 0 spiro atoms. The summed E-state index contributed by atoms with van der Waals surface area (Å²) in [4.78, 5) is 13.6. The van der Waals surface area contributed by atoms with Gasteiger partial charge in [0.1, 0.15) is 0 Å². The third-order valence-electron chi connectivity index (χ3n) is 3.79. The van der Waals surface area contributed by atoms with Crippen LogP contribution in [-0.4, -0.2) is 41.1 Å². The summed E-state index contributed by atoms with van der Waals surface area (Å²) in [7, 11) is 0. The van der Waals surface area contributed by atoms with Gasteiger partial charge in [-0.1, -0.05) is 6.42 Å². The monoisotopic (exact) mass is 212 g/mol. The van der Waals surface area contributed by atoms with E-state index in [9.17, 15) is 9.90 Å². The van der Waals surface area contributed by atoms with Crippen molar-refractivity contribution in [1.82, 2.24) is 4.90 Å². The van der Waals surface area contributed by atoms with Crippen LogP contribution in [0.25, 0.3) is 0 Å². The number of nitrogens with zero attached hydrogens (tertiary/aromatic N) is 1. The van der Waals surface area contributed by atoms with Crippen LogP contribution in [0.3, 0.4) is 0 Å². The third kappa shape index (κ3) is 2.01. The fraction of sp³-hybridized carbons (Fsp3) is 0.909. The first kappa shape index (κ1) is 10.9. The first-order valence-corrected chi connectivity index (χ1v) is 5.67. The molecule has 4 nitrogen and oxygen atoms in total. The largest absolute Gasteiger partial charge is 0.386 e. The summed E-state index contributed by atoms with van der Waals surface area (Å²) < 4.78 is 0. The highest BCUT2D eigenvalue weighted by molar-refractivity contribution is 5.78. The molecule has 0 aromatic heterocycles. The molecule has 1 aliphatic carbocycles. The fourth-order valence-electron chi connectivity index (χ4n) is 2.51. The molecule has 0 aromatic rings. The summed E-state index contributed by atoms with van der Waals surface area (Å²) in [6, 6.07) is 0. The minimum Gasteiger partial charge on any atom is -0.386 e. The third-order valence-corrected chi connectivity index (χ3v) is 3.79. The van der Waals surface area contributed by atoms with Gasteiger partial charge in [0, 0.05) is 6.42 Å². The summed E-state index contributed by atoms with van der Waals surface area (Å²) in [5.41, 5.74) is 5.13. The van der Waals surface area contributed by atoms with E-state index in [0.29, 0.717) is 26.1 Å². The van der Waals surface area contributed by atoms with Gasteiger partial charge in [0.25, 0.3) is 0 Å². The summed E-state index contributed by atoms with van der Waals surface area (Å²) in [5.74, 6) is 0.159. The molecule has 1 heterocycles. The number of aliphatic hydroxyl groups is 1. The summed E-state index contributed by atoms with van der Waals surface area (Å²) >= 11 is 0. The zero-order chi connectivity index (χ0) is 11.1. The van der Waals surface area contributed by atoms with E-state index in [2.05, 4.69) is 0 Å². The van der Waals surface area contributed by atoms with Crippen molar-refractivity contribution in [1.29, 1.82) is 0 Å². The number of hydrogen-bond donors (Lipinski definition) is 2. The van der Waals surface area contributed by atoms with Gasteiger partial charge < -0.3 is 15.7 Å². The SMILES string of the molecule is CC1(O)CN(C(=O)CC2(CN)CCC2)C1. The van der Waals surface area contributed by atoms with Crippen molar-refractivity contribution >= 4 is 5.91 Å². The molecule has 2 rings (SSSR count). The van der Waals surface area contributed by atoms with Gasteiger partial charge in [0.05, 0.1) is 18.7 Å². The number of carbonyl (C=O) groups excluding carboxylic acids is 1. The van der Waals surface area contributed by atoms with Crippen LogP contribution in [0.1, 0.15) is 32.6 Å². The van der Waals surface area contributed by atoms with E-state index in [0.717, 1.165) is 12.8 Å². The van der Waals surface area contributed by atoms with Gasteiger partial charge in [-0.05, 0) is 31.7 Å². The van der Waals surface area contributed by atoms with Crippen molar-refractivity contribution in [2.45, 2.75) is 38.2 Å². The molecule has 4 heteroatoms. The molecule has 0 atom stereocenters. The Balaban J connectivity index is 1.83. The molecule has 3 N–H and O–H groups in total. The number of likely N-dealkylation sites (tertiary alicyclic amines) is 1. The summed E-state index contributed by atoms with van der Waals surface area (Å²) in [5, 5.41) is 9.54. The van der Waals surface area contributed by atoms with E-state index < -0.39 is 5.60 Å². The molecule has 86 valence electrons. The van der Waals surface area contributed by atoms with Crippen LogP contribution >= 0.6 is 0 Å². The Hall–Kier alpha value is -0.610. The molecule has 0 unspecified atom stereocenters. The molecule has 2 aliphatic rings. The predicted molar refractivity (Wildman–Crippen MR) is 57.2 cm³/mol. The first-order chi connectivity index (χ1) is 6.96. The van der Waals surface area contributed by atoms with Gasteiger partial charge in [-0.25, -0.2) is 0 Å². The molecule has 0 aromatic carbocycles. The second-order valence-electron chi connectivity index (χ2n) is 5.48. The Kier molecular flexibility index (Phi) is 2.51. The Morgan fingerprint density at radius 2 is 2.07 bits per heavy atom. The van der Waals surface area contributed by atoms with E-state index in [-0.39, 0.29) is 11.3 Å². The quantitative estimate of drug-likeness (QED) is 0.697. The molecule has 2 fully saturated rings. The zero-order valence-corrected chi connectivity index (χ0v) is 9.33. The zero-order valence-electron chi connectivity index (χ0n) is 9.33. The number of rotatable bonds is 3. The maximum absolute atomic E-state index is 11.8. The Labute approximate surface area is 90.4 Å². The first-order valence-electron chi connectivity index (χ1n) is 5.67. The lowest BCUT2D eigenvalue weighted by Crippen LogP contribution is -2.62. The van der Waals surface area contributed by atoms with Crippen LogP contribution in [0, 0.1) is 5.41 Å². The average molecular weight is 212 g/mol. The minimum atomic E-state index is -0.662. The maximum atomic E-state index is 11.8. The lowest BCUT2D eigenvalue weighted by Gasteiger charge is -2.47. The molecule has 1 amide bonds. The van der Waals surface area contributed by atoms with Crippen LogP contribution < -0.4 is 5.73 Å². The van der Waals surface area contributed by atoms with Gasteiger partial charge in [-0.2, -0.15) is 0 Å². The van der Waals surface area contributed by atoms with Gasteiger partial charge in [-0.3, -0.25) is 4.79 Å². The Morgan fingerprint density at radius 3 is 2.40 bits per heavy atom. The molecule has 15 heavy (non-hydrogen) atoms. The highest BCUT2D eigenvalue weighted by atomic mass is 16.3. The second-order valence-corrected chi connectivity index (χ2v) is 5.48. The van der Waals surface area contributed by atoms with Crippen molar-refractivity contribution in [2.24, 2.45) is 11.1 Å². The molecule has 0 radical (unpaired) electrons. The van der Waals surface area contributed by atoms with Crippen molar-refractivity contribution in [3.63, 3.8) is 0 Å². The Bertz CT molecular complexity index is 258. The Morgan fingerprint density at radius 1 is 1.47 bits per heavy atom. The van der Waals surface area contributed by atoms with Crippen LogP contribution in [0.5, 0.6) is 0 Å². The molecule has 1 saturated heterocycles. The van der Waals surface area contributed by atoms with E-state index in [4.69, 9.17) is 5.73 Å². The maximum Gasteiger partial charge on any atom is 0.223 e. The van der Waals surface area contributed by atoms with E-state index in [1.807, 2.05) is 0 Å². The van der Waals surface area contributed by atoms with Gasteiger partial charge in [0.15, 0.2) is 0 Å². The number of hydrogen-bond acceptors (Lipinski definition) is 3. The normalized spacial score (nSPS) is 26.7. The summed E-state index contributed by atoms with van der Waals surface area (Å²) in [6.45, 7) is 3.33. The fourth-order valence-corrected chi connectivity index (χ4v) is 2.51. The van der Waals surface area contributed by atoms with Crippen molar-refractivity contribution in [2.75, 3.05) is 19.6 Å². The number of β-amino-alcohol motifs (C(OH)–C–C–N with tert-alkyl or cyclic N) is 1. The van der Waals surface area contributed by atoms with Gasteiger partial charge >= 0.3 is 0 Å². The van der Waals surface area contributed by atoms with Crippen molar-refractivity contribution in [3.05, 3.63) is 0 Å². The molecular formula is C11H20N2O2. The topological polar surface area (TPSA) is 66.6 Å². The van der Waals surface area contributed by atoms with Crippen LogP contribution in [0.15, 0.2) is 0 Å². The van der Waals surface area contributed by atoms with E-state index >= 15 is 0 Å². The van der Waals surface area contributed by atoms with Crippen molar-refractivity contribution < 1.29 is 9.90 Å². The molecule has 0 bridgehead atoms. The lowest BCUT2D eigenvalue weighted by atomic mass is 9.66. The average Bonchev–Trinajstić information content (AvgIpc) is 2.07. The van der Waals surface area contributed by atoms with Crippen molar-refractivity contribution in [3.8, 4) is 0 Å². The number of nitrogens with two attached hydrogens (primary N) is 1. The van der Waals surface area contributed by atoms with Gasteiger partial charge in [-0.15, -0.1) is 0 Å². The van der Waals surface area contributed by atoms with Crippen LogP contribution in [0.2, 0.25) is 0 Å². The van der Waals surface area contributed by atoms with Crippen LogP contribution in [-0.2, 0) is 4.79 Å². The highest BCUT2D eigenvalue weighted by Gasteiger charge is 2.43. The van der Waals surface area contributed by atoms with Gasteiger partial charge in [0.2, 0.25) is 5.91 Å². The van der Waals surface area contributed by atoms with E-state index in [1.54, 1.807) is 11.8 Å². The highest BCUT2D eigenvalue weighted by Crippen LogP contribution is 2.43. The molecular weight excluding hydrogens is 192 g/mol.